The van der Waals surface area contributed by atoms with E-state index in [-0.39, 0.29) is 10.9 Å². The lowest BCUT2D eigenvalue weighted by Gasteiger charge is -2.17. The molecule has 0 radical (unpaired) electrons. The average molecular weight is 310 g/mol. The van der Waals surface area contributed by atoms with Gasteiger partial charge in [-0.05, 0) is 30.5 Å². The molecule has 4 heteroatoms. The van der Waals surface area contributed by atoms with Crippen LogP contribution in [0, 0.1) is 0 Å². The molecular weight excluding hydrogens is 299 g/mol. The second kappa shape index (κ2) is 5.05. The summed E-state index contributed by atoms with van der Waals surface area (Å²) in [6.45, 7) is 0.855. The second-order valence-corrected chi connectivity index (χ2v) is 5.43. The predicted molar refractivity (Wildman–Crippen MR) is 67.1 cm³/mol. The van der Waals surface area contributed by atoms with Crippen LogP contribution in [0.2, 0.25) is 10.0 Å². The van der Waals surface area contributed by atoms with Gasteiger partial charge in [-0.2, -0.15) is 0 Å². The van der Waals surface area contributed by atoms with Crippen LogP contribution in [0.15, 0.2) is 18.2 Å². The maximum atomic E-state index is 5.97. The van der Waals surface area contributed by atoms with Crippen molar-refractivity contribution >= 4 is 39.1 Å². The summed E-state index contributed by atoms with van der Waals surface area (Å²) in [4.78, 5) is 0.203. The highest BCUT2D eigenvalue weighted by atomic mass is 79.9. The molecule has 0 bridgehead atoms. The standard InChI is InChI=1S/C11H11BrCl2O/c12-11(10-2-1-5-15-10)7-3-4-8(13)9(14)6-7/h3-4,6,10-11H,1-2,5H2. The van der Waals surface area contributed by atoms with Gasteiger partial charge in [0.15, 0.2) is 0 Å². The van der Waals surface area contributed by atoms with Gasteiger partial charge in [-0.15, -0.1) is 0 Å². The van der Waals surface area contributed by atoms with Crippen molar-refractivity contribution < 1.29 is 4.74 Å². The Morgan fingerprint density at radius 1 is 1.33 bits per heavy atom. The lowest BCUT2D eigenvalue weighted by atomic mass is 10.1. The lowest BCUT2D eigenvalue weighted by Crippen LogP contribution is -2.12. The fourth-order valence-corrected chi connectivity index (χ4v) is 2.74. The Kier molecular flexibility index (Phi) is 3.94. The molecule has 2 unspecified atom stereocenters. The lowest BCUT2D eigenvalue weighted by molar-refractivity contribution is 0.110. The number of benzene rings is 1. The Morgan fingerprint density at radius 2 is 2.13 bits per heavy atom. The zero-order valence-corrected chi connectivity index (χ0v) is 11.1. The van der Waals surface area contributed by atoms with Crippen molar-refractivity contribution in [1.82, 2.24) is 0 Å². The SMILES string of the molecule is Clc1ccc(C(Br)C2CCCO2)cc1Cl. The monoisotopic (exact) mass is 308 g/mol. The third kappa shape index (κ3) is 2.68. The summed E-state index contributed by atoms with van der Waals surface area (Å²) < 4.78 is 5.62. The van der Waals surface area contributed by atoms with Crippen LogP contribution in [0.5, 0.6) is 0 Å². The molecule has 0 aliphatic carbocycles. The molecule has 0 spiro atoms. The molecule has 0 N–H and O–H groups in total. The number of alkyl halides is 1. The molecule has 0 amide bonds. The number of halogens is 3. The van der Waals surface area contributed by atoms with Crippen LogP contribution in [-0.2, 0) is 4.74 Å². The van der Waals surface area contributed by atoms with Crippen molar-refractivity contribution in [2.45, 2.75) is 23.8 Å². The molecule has 1 nitrogen and oxygen atoms in total. The Labute approximate surface area is 108 Å². The third-order valence-electron chi connectivity index (χ3n) is 2.55. The molecule has 1 aromatic rings. The molecule has 82 valence electrons. The summed E-state index contributed by atoms with van der Waals surface area (Å²) >= 11 is 15.5. The molecule has 0 saturated carbocycles. The van der Waals surface area contributed by atoms with Crippen LogP contribution < -0.4 is 0 Å². The Balaban J connectivity index is 2.17. The molecule has 2 atom stereocenters. The zero-order chi connectivity index (χ0) is 10.8. The molecule has 15 heavy (non-hydrogen) atoms. The van der Waals surface area contributed by atoms with Crippen LogP contribution in [0.4, 0.5) is 0 Å². The minimum Gasteiger partial charge on any atom is -0.377 e. The molecule has 1 aromatic carbocycles. The highest BCUT2D eigenvalue weighted by Crippen LogP contribution is 2.36. The first-order chi connectivity index (χ1) is 7.18. The highest BCUT2D eigenvalue weighted by molar-refractivity contribution is 9.09. The topological polar surface area (TPSA) is 9.23 Å². The summed E-state index contributed by atoms with van der Waals surface area (Å²) in [6.07, 6.45) is 2.48. The van der Waals surface area contributed by atoms with Gasteiger partial charge in [-0.1, -0.05) is 45.2 Å². The van der Waals surface area contributed by atoms with Crippen molar-refractivity contribution in [3.8, 4) is 0 Å². The largest absolute Gasteiger partial charge is 0.377 e. The summed E-state index contributed by atoms with van der Waals surface area (Å²) in [5.41, 5.74) is 1.12. The van der Waals surface area contributed by atoms with Crippen LogP contribution in [0.25, 0.3) is 0 Å². The van der Waals surface area contributed by atoms with Gasteiger partial charge in [-0.25, -0.2) is 0 Å². The molecule has 1 heterocycles. The van der Waals surface area contributed by atoms with E-state index in [1.165, 1.54) is 0 Å². The quantitative estimate of drug-likeness (QED) is 0.725. The number of hydrogen-bond acceptors (Lipinski definition) is 1. The Morgan fingerprint density at radius 3 is 2.73 bits per heavy atom. The van der Waals surface area contributed by atoms with Gasteiger partial charge >= 0.3 is 0 Å². The number of ether oxygens (including phenoxy) is 1. The molecule has 0 aromatic heterocycles. The van der Waals surface area contributed by atoms with Crippen LogP contribution in [0.1, 0.15) is 23.2 Å². The maximum absolute atomic E-state index is 5.97. The van der Waals surface area contributed by atoms with Gasteiger partial charge < -0.3 is 4.74 Å². The summed E-state index contributed by atoms with van der Waals surface area (Å²) in [6, 6.07) is 5.70. The van der Waals surface area contributed by atoms with Gasteiger partial charge in [-0.3, -0.25) is 0 Å². The van der Waals surface area contributed by atoms with E-state index >= 15 is 0 Å². The van der Waals surface area contributed by atoms with Crippen molar-refractivity contribution in [2.24, 2.45) is 0 Å². The fraction of sp³-hybridized carbons (Fsp3) is 0.455. The Bertz CT molecular complexity index is 350. The minimum absolute atomic E-state index is 0.203. The van der Waals surface area contributed by atoms with Crippen molar-refractivity contribution in [3.05, 3.63) is 33.8 Å². The first-order valence-corrected chi connectivity index (χ1v) is 6.56. The van der Waals surface area contributed by atoms with E-state index in [0.717, 1.165) is 25.0 Å². The van der Waals surface area contributed by atoms with Crippen molar-refractivity contribution in [3.63, 3.8) is 0 Å². The molecule has 1 aliphatic heterocycles. The zero-order valence-electron chi connectivity index (χ0n) is 8.05. The molecule has 1 saturated heterocycles. The van der Waals surface area contributed by atoms with Gasteiger partial charge in [0.25, 0.3) is 0 Å². The molecule has 1 fully saturated rings. The summed E-state index contributed by atoms with van der Waals surface area (Å²) in [5, 5.41) is 1.18. The van der Waals surface area contributed by atoms with Gasteiger partial charge in [0.2, 0.25) is 0 Å². The minimum atomic E-state index is 0.203. The van der Waals surface area contributed by atoms with E-state index < -0.39 is 0 Å². The average Bonchev–Trinajstić information content (AvgIpc) is 2.74. The normalized spacial score (nSPS) is 23.0. The summed E-state index contributed by atoms with van der Waals surface area (Å²) in [7, 11) is 0. The molecular formula is C11H11BrCl2O. The van der Waals surface area contributed by atoms with Crippen LogP contribution in [-0.4, -0.2) is 12.7 Å². The van der Waals surface area contributed by atoms with Crippen LogP contribution in [0.3, 0.4) is 0 Å². The van der Waals surface area contributed by atoms with Crippen LogP contribution >= 0.6 is 39.1 Å². The first-order valence-electron chi connectivity index (χ1n) is 4.89. The predicted octanol–water partition coefficient (Wildman–Crippen LogP) is 4.61. The highest BCUT2D eigenvalue weighted by Gasteiger charge is 2.25. The van der Waals surface area contributed by atoms with E-state index in [9.17, 15) is 0 Å². The maximum Gasteiger partial charge on any atom is 0.0741 e. The van der Waals surface area contributed by atoms with Crippen molar-refractivity contribution in [1.29, 1.82) is 0 Å². The van der Waals surface area contributed by atoms with Gasteiger partial charge in [0.1, 0.15) is 0 Å². The van der Waals surface area contributed by atoms with Gasteiger partial charge in [0.05, 0.1) is 21.0 Å². The van der Waals surface area contributed by atoms with Crippen molar-refractivity contribution in [2.75, 3.05) is 6.61 Å². The molecule has 2 rings (SSSR count). The number of hydrogen-bond donors (Lipinski definition) is 0. The van der Waals surface area contributed by atoms with E-state index in [1.807, 2.05) is 18.2 Å². The van der Waals surface area contributed by atoms with Gasteiger partial charge in [0, 0.05) is 6.61 Å². The van der Waals surface area contributed by atoms with E-state index in [4.69, 9.17) is 27.9 Å². The molecule has 1 aliphatic rings. The smallest absolute Gasteiger partial charge is 0.0741 e. The third-order valence-corrected chi connectivity index (χ3v) is 4.41. The van der Waals surface area contributed by atoms with E-state index in [2.05, 4.69) is 15.9 Å². The summed E-state index contributed by atoms with van der Waals surface area (Å²) in [5.74, 6) is 0. The first kappa shape index (κ1) is 11.7. The Hall–Kier alpha value is 0.240. The number of rotatable bonds is 2. The fourth-order valence-electron chi connectivity index (χ4n) is 1.73. The second-order valence-electron chi connectivity index (χ2n) is 3.63. The van der Waals surface area contributed by atoms with E-state index in [0.29, 0.717) is 10.0 Å². The van der Waals surface area contributed by atoms with E-state index in [1.54, 1.807) is 0 Å².